The summed E-state index contributed by atoms with van der Waals surface area (Å²) >= 11 is 0. The Balaban J connectivity index is 2.17. The third-order valence-corrected chi connectivity index (χ3v) is 9.76. The van der Waals surface area contributed by atoms with Gasteiger partial charge in [-0.05, 0) is 42.6 Å². The van der Waals surface area contributed by atoms with Gasteiger partial charge in [-0.2, -0.15) is 0 Å². The van der Waals surface area contributed by atoms with Crippen molar-refractivity contribution in [3.8, 4) is 0 Å². The Kier molecular flexibility index (Phi) is 16.2. The maximum absolute atomic E-state index is 14.8. The zero-order valence-corrected chi connectivity index (χ0v) is 31.2. The van der Waals surface area contributed by atoms with Gasteiger partial charge in [-0.1, -0.05) is 77.3 Å². The zero-order valence-electron chi connectivity index (χ0n) is 31.2. The van der Waals surface area contributed by atoms with E-state index in [1.807, 2.05) is 0 Å². The second-order valence-corrected chi connectivity index (χ2v) is 14.3. The minimum atomic E-state index is -2.40. The lowest BCUT2D eigenvalue weighted by Crippen LogP contribution is -2.61. The molecule has 1 aliphatic carbocycles. The highest BCUT2D eigenvalue weighted by Gasteiger charge is 2.50. The number of carbonyl (C=O) groups is 5. The number of Topliss-reactive ketones (excluding diaryl/α,β-unsaturated/α-hetero) is 2. The highest BCUT2D eigenvalue weighted by molar-refractivity contribution is 5.95. The van der Waals surface area contributed by atoms with Crippen LogP contribution in [0.5, 0.6) is 0 Å². The quantitative estimate of drug-likeness (QED) is 0.0912. The van der Waals surface area contributed by atoms with Gasteiger partial charge >= 0.3 is 12.2 Å². The molecule has 3 amide bonds. The Morgan fingerprint density at radius 1 is 0.962 bits per heavy atom. The first kappa shape index (κ1) is 42.1. The number of aromatic amines is 1. The molecule has 0 saturated heterocycles. The molecule has 52 heavy (non-hydrogen) atoms. The standard InChI is InChI=1S/C37H57N7O8/c1-23(2)31(41-35(48)51-5)33(46)30(37(38,50)26-15-11-8-12-16-26)28(29(45)18-17-27-19-39-22-40-27)21-44(20-25-13-9-7-10-14-25)43-34(47)32(24(3)4)42-36(49)52-6/h8,11-12,15-16,19,22-25,28,30-32,50H,7,9-10,13-14,17-18,20-21,38H2,1-6H3,(H,39,40)(H,41,48)(H,42,49)(H,43,47)/t28-,30?,31+,32+,37?/m1/s1. The number of rotatable bonds is 19. The van der Waals surface area contributed by atoms with Crippen molar-refractivity contribution in [3.63, 3.8) is 0 Å². The van der Waals surface area contributed by atoms with Crippen molar-refractivity contribution >= 4 is 29.7 Å². The monoisotopic (exact) mass is 727 g/mol. The number of carbonyl (C=O) groups excluding carboxylic acids is 5. The minimum Gasteiger partial charge on any atom is -0.453 e. The number of aryl methyl sites for hydroxylation is 1. The van der Waals surface area contributed by atoms with Crippen LogP contribution in [0, 0.1) is 29.6 Å². The molecular formula is C37H57N7O8. The van der Waals surface area contributed by atoms with Crippen LogP contribution in [0.1, 0.15) is 77.5 Å². The number of amides is 3. The summed E-state index contributed by atoms with van der Waals surface area (Å²) in [7, 11) is 2.38. The minimum absolute atomic E-state index is 0.0536. The maximum Gasteiger partial charge on any atom is 0.407 e. The van der Waals surface area contributed by atoms with Gasteiger partial charge in [0.2, 0.25) is 0 Å². The predicted octanol–water partition coefficient (Wildman–Crippen LogP) is 3.19. The van der Waals surface area contributed by atoms with Crippen LogP contribution in [0.15, 0.2) is 42.9 Å². The fourth-order valence-electron chi connectivity index (χ4n) is 6.84. The smallest absolute Gasteiger partial charge is 0.407 e. The molecule has 2 aromatic rings. The first-order chi connectivity index (χ1) is 24.7. The first-order valence-corrected chi connectivity index (χ1v) is 18.0. The Hall–Kier alpha value is -4.34. The molecule has 0 aliphatic heterocycles. The zero-order chi connectivity index (χ0) is 38.4. The Bertz CT molecular complexity index is 1450. The molecule has 1 fully saturated rings. The summed E-state index contributed by atoms with van der Waals surface area (Å²) in [6.07, 6.45) is 6.54. The molecule has 3 rings (SSSR count). The number of ether oxygens (including phenoxy) is 2. The van der Waals surface area contributed by atoms with Gasteiger partial charge in [-0.15, -0.1) is 0 Å². The molecule has 0 bridgehead atoms. The van der Waals surface area contributed by atoms with Gasteiger partial charge in [0.05, 0.1) is 32.5 Å². The van der Waals surface area contributed by atoms with Crippen molar-refractivity contribution in [2.24, 2.45) is 35.3 Å². The lowest BCUT2D eigenvalue weighted by Gasteiger charge is -2.41. The van der Waals surface area contributed by atoms with Gasteiger partial charge in [-0.3, -0.25) is 25.5 Å². The summed E-state index contributed by atoms with van der Waals surface area (Å²) in [4.78, 5) is 75.0. The van der Waals surface area contributed by atoms with E-state index in [9.17, 15) is 29.1 Å². The molecule has 0 spiro atoms. The molecule has 1 aliphatic rings. The number of hydrogen-bond acceptors (Lipinski definition) is 11. The topological polar surface area (TPSA) is 218 Å². The van der Waals surface area contributed by atoms with E-state index in [1.165, 1.54) is 20.5 Å². The van der Waals surface area contributed by atoms with Gasteiger partial charge in [0, 0.05) is 37.3 Å². The summed E-state index contributed by atoms with van der Waals surface area (Å²) in [6, 6.07) is 6.00. The van der Waals surface area contributed by atoms with E-state index in [-0.39, 0.29) is 36.8 Å². The van der Waals surface area contributed by atoms with E-state index in [0.29, 0.717) is 12.2 Å². The molecule has 15 nitrogen and oxygen atoms in total. The fraction of sp³-hybridized carbons (Fsp3) is 0.622. The Morgan fingerprint density at radius 3 is 2.10 bits per heavy atom. The van der Waals surface area contributed by atoms with Crippen LogP contribution in [0.25, 0.3) is 0 Å². The number of benzene rings is 1. The lowest BCUT2D eigenvalue weighted by molar-refractivity contribution is -0.150. The molecule has 1 saturated carbocycles. The van der Waals surface area contributed by atoms with Gasteiger partial charge in [-0.25, -0.2) is 19.6 Å². The number of H-pyrrole nitrogens is 1. The second kappa shape index (κ2) is 20.0. The molecule has 0 radical (unpaired) electrons. The number of alkyl carbamates (subject to hydrolysis) is 2. The molecule has 288 valence electrons. The number of nitrogens with two attached hydrogens (primary N) is 1. The molecular weight excluding hydrogens is 670 g/mol. The first-order valence-electron chi connectivity index (χ1n) is 18.0. The van der Waals surface area contributed by atoms with Gasteiger partial charge < -0.3 is 30.2 Å². The number of aliphatic hydroxyl groups is 1. The second-order valence-electron chi connectivity index (χ2n) is 14.3. The average Bonchev–Trinajstić information content (AvgIpc) is 3.65. The molecule has 1 aromatic heterocycles. The molecule has 1 heterocycles. The summed E-state index contributed by atoms with van der Waals surface area (Å²) in [5, 5.41) is 19.1. The van der Waals surface area contributed by atoms with Crippen molar-refractivity contribution in [2.75, 3.05) is 27.3 Å². The highest BCUT2D eigenvalue weighted by Crippen LogP contribution is 2.35. The molecule has 2 unspecified atom stereocenters. The van der Waals surface area contributed by atoms with Crippen molar-refractivity contribution < 1.29 is 38.6 Å². The van der Waals surface area contributed by atoms with Crippen LogP contribution >= 0.6 is 0 Å². The normalized spacial score (nSPS) is 17.1. The summed E-state index contributed by atoms with van der Waals surface area (Å²) in [6.45, 7) is 7.12. The fourth-order valence-corrected chi connectivity index (χ4v) is 6.84. The SMILES string of the molecule is COC(=O)N[C@H](C(=O)NN(CC1CCCCC1)C[C@H](C(=O)CCc1cnc[nH]1)C(C(=O)[C@@H](NC(=O)OC)C(C)C)C(N)(O)c1ccccc1)C(C)C. The van der Waals surface area contributed by atoms with Gasteiger partial charge in [0.15, 0.2) is 5.78 Å². The molecule has 7 N–H and O–H groups in total. The summed E-state index contributed by atoms with van der Waals surface area (Å²) in [5.74, 6) is -5.17. The highest BCUT2D eigenvalue weighted by atomic mass is 16.5. The van der Waals surface area contributed by atoms with Crippen LogP contribution in [0.2, 0.25) is 0 Å². The van der Waals surface area contributed by atoms with Crippen molar-refractivity contribution in [1.29, 1.82) is 0 Å². The van der Waals surface area contributed by atoms with Gasteiger partial charge in [0.1, 0.15) is 17.6 Å². The number of ketones is 2. The predicted molar refractivity (Wildman–Crippen MR) is 193 cm³/mol. The van der Waals surface area contributed by atoms with E-state index in [2.05, 4.69) is 26.0 Å². The van der Waals surface area contributed by atoms with Crippen molar-refractivity contribution in [1.82, 2.24) is 31.0 Å². The molecule has 5 atom stereocenters. The van der Waals surface area contributed by atoms with Crippen molar-refractivity contribution in [2.45, 2.75) is 90.4 Å². The third kappa shape index (κ3) is 11.9. The Labute approximate surface area is 306 Å². The third-order valence-electron chi connectivity index (χ3n) is 9.76. The van der Waals surface area contributed by atoms with E-state index >= 15 is 0 Å². The van der Waals surface area contributed by atoms with Crippen molar-refractivity contribution in [3.05, 3.63) is 54.1 Å². The largest absolute Gasteiger partial charge is 0.453 e. The number of nitrogens with zero attached hydrogens (tertiary/aromatic N) is 2. The van der Waals surface area contributed by atoms with E-state index < -0.39 is 65.2 Å². The number of nitrogens with one attached hydrogen (secondary N) is 4. The number of methoxy groups -OCH3 is 2. The van der Waals surface area contributed by atoms with Crippen LogP contribution in [-0.4, -0.2) is 89.1 Å². The van der Waals surface area contributed by atoms with E-state index in [4.69, 9.17) is 15.2 Å². The summed E-state index contributed by atoms with van der Waals surface area (Å²) < 4.78 is 9.58. The van der Waals surface area contributed by atoms with Crippen LogP contribution in [0.3, 0.4) is 0 Å². The summed E-state index contributed by atoms with van der Waals surface area (Å²) in [5.41, 5.74) is 8.21. The maximum atomic E-state index is 14.8. The molecule has 1 aromatic carbocycles. The lowest BCUT2D eigenvalue weighted by atomic mass is 9.71. The number of imidazole rings is 1. The Morgan fingerprint density at radius 2 is 1.56 bits per heavy atom. The average molecular weight is 728 g/mol. The van der Waals surface area contributed by atoms with Gasteiger partial charge in [0.25, 0.3) is 5.91 Å². The number of aromatic nitrogens is 2. The van der Waals surface area contributed by atoms with Crippen LogP contribution in [0.4, 0.5) is 9.59 Å². The van der Waals surface area contributed by atoms with Crippen LogP contribution in [-0.2, 0) is 36.0 Å². The number of hydrazine groups is 1. The van der Waals surface area contributed by atoms with Crippen LogP contribution < -0.4 is 21.8 Å². The number of hydrogen-bond donors (Lipinski definition) is 6. The van der Waals surface area contributed by atoms with E-state index in [1.54, 1.807) is 69.2 Å². The van der Waals surface area contributed by atoms with E-state index in [0.717, 1.165) is 32.1 Å². The molecule has 15 heteroatoms.